The molecule has 98 valence electrons. The number of benzene rings is 1. The fourth-order valence-electron chi connectivity index (χ4n) is 1.96. The number of nitrogens with zero attached hydrogens (tertiary/aromatic N) is 3. The summed E-state index contributed by atoms with van der Waals surface area (Å²) in [5.41, 5.74) is 6.58. The summed E-state index contributed by atoms with van der Waals surface area (Å²) in [4.78, 5) is 26.7. The molecular weight excluding hydrogens is 256 g/mol. The fraction of sp³-hybridized carbons (Fsp3) is 0. The van der Waals surface area contributed by atoms with Crippen molar-refractivity contribution < 1.29 is 9.59 Å². The molecule has 0 radical (unpaired) electrons. The maximum absolute atomic E-state index is 11.2. The van der Waals surface area contributed by atoms with E-state index in [4.69, 9.17) is 5.73 Å². The van der Waals surface area contributed by atoms with Gasteiger partial charge < -0.3 is 5.73 Å². The number of para-hydroxylation sites is 1. The molecule has 20 heavy (non-hydrogen) atoms. The highest BCUT2D eigenvalue weighted by atomic mass is 16.1. The van der Waals surface area contributed by atoms with Gasteiger partial charge in [0.15, 0.2) is 12.1 Å². The van der Waals surface area contributed by atoms with Crippen molar-refractivity contribution >= 4 is 23.1 Å². The van der Waals surface area contributed by atoms with Gasteiger partial charge in [-0.3, -0.25) is 9.59 Å². The first kappa shape index (κ1) is 12.0. The van der Waals surface area contributed by atoms with Crippen LogP contribution < -0.4 is 5.73 Å². The number of primary amides is 1. The summed E-state index contributed by atoms with van der Waals surface area (Å²) < 4.78 is 1.37. The lowest BCUT2D eigenvalue weighted by atomic mass is 10.1. The van der Waals surface area contributed by atoms with E-state index in [9.17, 15) is 9.59 Å². The van der Waals surface area contributed by atoms with E-state index in [0.717, 1.165) is 10.9 Å². The number of carbonyl (C=O) groups is 2. The third kappa shape index (κ3) is 1.93. The highest BCUT2D eigenvalue weighted by Crippen LogP contribution is 2.18. The third-order valence-electron chi connectivity index (χ3n) is 2.94. The second-order valence-electron chi connectivity index (χ2n) is 4.25. The van der Waals surface area contributed by atoms with E-state index in [0.29, 0.717) is 17.7 Å². The number of aromatic nitrogens is 3. The number of fused-ring (bicyclic) bond motifs is 1. The molecular formula is C14H10N4O2. The molecule has 6 nitrogen and oxygen atoms in total. The van der Waals surface area contributed by atoms with Crippen LogP contribution >= 0.6 is 0 Å². The van der Waals surface area contributed by atoms with E-state index in [-0.39, 0.29) is 5.56 Å². The summed E-state index contributed by atoms with van der Waals surface area (Å²) in [6.07, 6.45) is 3.50. The number of carbonyl (C=O) groups excluding carboxylic acids is 2. The van der Waals surface area contributed by atoms with Crippen molar-refractivity contribution in [2.75, 3.05) is 0 Å². The topological polar surface area (TPSA) is 90.9 Å². The molecule has 2 heterocycles. The van der Waals surface area contributed by atoms with Crippen molar-refractivity contribution in [2.45, 2.75) is 0 Å². The van der Waals surface area contributed by atoms with E-state index >= 15 is 0 Å². The van der Waals surface area contributed by atoms with E-state index in [2.05, 4.69) is 10.1 Å². The normalized spacial score (nSPS) is 10.6. The van der Waals surface area contributed by atoms with E-state index < -0.39 is 5.91 Å². The molecule has 0 saturated carbocycles. The minimum atomic E-state index is -0.579. The maximum Gasteiger partial charge on any atom is 0.251 e. The zero-order valence-electron chi connectivity index (χ0n) is 10.4. The monoisotopic (exact) mass is 266 g/mol. The number of rotatable bonds is 3. The Kier molecular flexibility index (Phi) is 2.76. The molecule has 1 aromatic carbocycles. The Hall–Kier alpha value is -3.02. The largest absolute Gasteiger partial charge is 0.366 e. The lowest BCUT2D eigenvalue weighted by molar-refractivity contribution is 0.1000. The predicted octanol–water partition coefficient (Wildman–Crippen LogP) is 1.33. The second-order valence-corrected chi connectivity index (χ2v) is 4.25. The second kappa shape index (κ2) is 4.58. The molecule has 3 aromatic rings. The maximum atomic E-state index is 11.2. The molecule has 0 unspecified atom stereocenters. The molecule has 0 saturated heterocycles. The molecule has 1 amide bonds. The Morgan fingerprint density at radius 1 is 1.30 bits per heavy atom. The predicted molar refractivity (Wildman–Crippen MR) is 72.8 cm³/mol. The third-order valence-corrected chi connectivity index (χ3v) is 2.94. The molecule has 2 aromatic heterocycles. The first-order chi connectivity index (χ1) is 9.69. The smallest absolute Gasteiger partial charge is 0.251 e. The average Bonchev–Trinajstić information content (AvgIpc) is 2.95. The van der Waals surface area contributed by atoms with Crippen molar-refractivity contribution in [3.63, 3.8) is 0 Å². The molecule has 0 aliphatic rings. The van der Waals surface area contributed by atoms with Crippen molar-refractivity contribution in [3.8, 4) is 5.82 Å². The van der Waals surface area contributed by atoms with Gasteiger partial charge in [-0.2, -0.15) is 5.10 Å². The molecule has 0 bridgehead atoms. The molecule has 3 rings (SSSR count). The van der Waals surface area contributed by atoms with Crippen molar-refractivity contribution in [1.29, 1.82) is 0 Å². The number of pyridine rings is 1. The number of hydrogen-bond donors (Lipinski definition) is 1. The van der Waals surface area contributed by atoms with Gasteiger partial charge in [-0.1, -0.05) is 18.2 Å². The highest BCUT2D eigenvalue weighted by Gasteiger charge is 2.11. The Morgan fingerprint density at radius 3 is 2.80 bits per heavy atom. The minimum Gasteiger partial charge on any atom is -0.366 e. The van der Waals surface area contributed by atoms with Crippen LogP contribution in [-0.4, -0.2) is 27.0 Å². The van der Waals surface area contributed by atoms with Gasteiger partial charge in [-0.05, 0) is 12.1 Å². The van der Waals surface area contributed by atoms with Crippen LogP contribution in [0.15, 0.2) is 42.7 Å². The Bertz CT molecular complexity index is 823. The van der Waals surface area contributed by atoms with Crippen LogP contribution in [0.4, 0.5) is 0 Å². The van der Waals surface area contributed by atoms with Gasteiger partial charge in [0, 0.05) is 11.6 Å². The van der Waals surface area contributed by atoms with Crippen LogP contribution in [0.25, 0.3) is 16.7 Å². The molecule has 0 fully saturated rings. The summed E-state index contributed by atoms with van der Waals surface area (Å²) in [5, 5.41) is 4.88. The molecule has 2 N–H and O–H groups in total. The van der Waals surface area contributed by atoms with Gasteiger partial charge in [-0.15, -0.1) is 0 Å². The highest BCUT2D eigenvalue weighted by molar-refractivity contribution is 5.93. The van der Waals surface area contributed by atoms with Gasteiger partial charge in [0.1, 0.15) is 0 Å². The van der Waals surface area contributed by atoms with E-state index in [1.54, 1.807) is 6.07 Å². The van der Waals surface area contributed by atoms with Crippen LogP contribution in [0.2, 0.25) is 0 Å². The lowest BCUT2D eigenvalue weighted by Gasteiger charge is -2.06. The molecule has 6 heteroatoms. The summed E-state index contributed by atoms with van der Waals surface area (Å²) in [6.45, 7) is 0. The van der Waals surface area contributed by atoms with Gasteiger partial charge in [0.25, 0.3) is 5.91 Å². The average molecular weight is 266 g/mol. The molecule has 0 atom stereocenters. The Balaban J connectivity index is 2.22. The summed E-state index contributed by atoms with van der Waals surface area (Å²) in [5.74, 6) is -0.212. The van der Waals surface area contributed by atoms with Crippen molar-refractivity contribution in [2.24, 2.45) is 5.73 Å². The number of hydrogen-bond acceptors (Lipinski definition) is 4. The SMILES string of the molecule is NC(=O)c1cnn(-c2nc3ccccc3cc2C=O)c1. The zero-order chi connectivity index (χ0) is 14.1. The van der Waals surface area contributed by atoms with E-state index in [1.165, 1.54) is 17.1 Å². The van der Waals surface area contributed by atoms with Crippen LogP contribution in [0.1, 0.15) is 20.7 Å². The van der Waals surface area contributed by atoms with Crippen molar-refractivity contribution in [3.05, 3.63) is 53.9 Å². The zero-order valence-corrected chi connectivity index (χ0v) is 10.4. The van der Waals surface area contributed by atoms with E-state index in [1.807, 2.05) is 24.3 Å². The first-order valence-electron chi connectivity index (χ1n) is 5.89. The summed E-state index contributed by atoms with van der Waals surface area (Å²) in [6, 6.07) is 9.17. The van der Waals surface area contributed by atoms with Crippen LogP contribution in [0.3, 0.4) is 0 Å². The number of aldehydes is 1. The van der Waals surface area contributed by atoms with Crippen LogP contribution in [-0.2, 0) is 0 Å². The minimum absolute atomic E-state index is 0.261. The standard InChI is InChI=1S/C14H10N4O2/c15-13(20)11-6-16-18(7-11)14-10(8-19)5-9-3-1-2-4-12(9)17-14/h1-8H,(H2,15,20). The van der Waals surface area contributed by atoms with Gasteiger partial charge >= 0.3 is 0 Å². The van der Waals surface area contributed by atoms with Gasteiger partial charge in [0.2, 0.25) is 0 Å². The summed E-state index contributed by atoms with van der Waals surface area (Å²) in [7, 11) is 0. The number of amides is 1. The lowest BCUT2D eigenvalue weighted by Crippen LogP contribution is -2.09. The Labute approximate surface area is 113 Å². The van der Waals surface area contributed by atoms with Crippen LogP contribution in [0, 0.1) is 0 Å². The van der Waals surface area contributed by atoms with Crippen molar-refractivity contribution in [1.82, 2.24) is 14.8 Å². The summed E-state index contributed by atoms with van der Waals surface area (Å²) >= 11 is 0. The fourth-order valence-corrected chi connectivity index (χ4v) is 1.96. The molecule has 0 aliphatic heterocycles. The first-order valence-corrected chi connectivity index (χ1v) is 5.89. The Morgan fingerprint density at radius 2 is 2.10 bits per heavy atom. The van der Waals surface area contributed by atoms with Crippen LogP contribution in [0.5, 0.6) is 0 Å². The van der Waals surface area contributed by atoms with Gasteiger partial charge in [0.05, 0.1) is 22.8 Å². The number of nitrogens with two attached hydrogens (primary N) is 1. The molecule has 0 aliphatic carbocycles. The van der Waals surface area contributed by atoms with Gasteiger partial charge in [-0.25, -0.2) is 9.67 Å². The molecule has 0 spiro atoms. The quantitative estimate of drug-likeness (QED) is 0.724.